The molecule has 1 N–H and O–H groups in total. The number of rotatable bonds is 9. The summed E-state index contributed by atoms with van der Waals surface area (Å²) in [6.07, 6.45) is 2.01. The van der Waals surface area contributed by atoms with Crippen LogP contribution in [0.3, 0.4) is 0 Å². The summed E-state index contributed by atoms with van der Waals surface area (Å²) in [6.45, 7) is 7.49. The summed E-state index contributed by atoms with van der Waals surface area (Å²) >= 11 is 0. The molecular formula is C21H30N2O2S. The van der Waals surface area contributed by atoms with Crippen LogP contribution in [-0.4, -0.2) is 26.4 Å². The number of nitrogens with one attached hydrogen (secondary N) is 1. The Kier molecular flexibility index (Phi) is 7.38. The molecule has 0 bridgehead atoms. The first kappa shape index (κ1) is 20.6. The highest BCUT2D eigenvalue weighted by Gasteiger charge is 2.15. The van der Waals surface area contributed by atoms with E-state index < -0.39 is 10.0 Å². The van der Waals surface area contributed by atoms with Gasteiger partial charge in [0.15, 0.2) is 0 Å². The molecule has 0 amide bonds. The molecule has 0 aliphatic rings. The fraction of sp³-hybridized carbons (Fsp3) is 0.429. The molecule has 5 heteroatoms. The zero-order valence-electron chi connectivity index (χ0n) is 16.2. The van der Waals surface area contributed by atoms with Gasteiger partial charge < -0.3 is 0 Å². The number of aryl methyl sites for hydroxylation is 1. The van der Waals surface area contributed by atoms with E-state index in [1.54, 1.807) is 12.1 Å². The van der Waals surface area contributed by atoms with Gasteiger partial charge in [0, 0.05) is 19.1 Å². The molecule has 0 saturated carbocycles. The van der Waals surface area contributed by atoms with Gasteiger partial charge in [-0.3, -0.25) is 4.90 Å². The van der Waals surface area contributed by atoms with Crippen molar-refractivity contribution in [2.75, 3.05) is 7.05 Å². The second-order valence-electron chi connectivity index (χ2n) is 7.00. The van der Waals surface area contributed by atoms with E-state index in [-0.39, 0.29) is 0 Å². The molecule has 0 radical (unpaired) electrons. The predicted octanol–water partition coefficient (Wildman–Crippen LogP) is 3.96. The Balaban J connectivity index is 2.10. The van der Waals surface area contributed by atoms with Crippen molar-refractivity contribution in [3.05, 3.63) is 65.2 Å². The largest absolute Gasteiger partial charge is 0.300 e. The molecule has 0 aliphatic carbocycles. The van der Waals surface area contributed by atoms with Crippen LogP contribution in [0.1, 0.15) is 43.9 Å². The number of hydrogen-bond donors (Lipinski definition) is 1. The van der Waals surface area contributed by atoms with E-state index in [1.807, 2.05) is 30.3 Å². The summed E-state index contributed by atoms with van der Waals surface area (Å²) < 4.78 is 27.9. The molecule has 0 aromatic heterocycles. The molecule has 0 saturated heterocycles. The SMILES string of the molecule is CCCc1ccc(S(=O)(=O)NCc2ccccc2CN(C)C(C)C)cc1. The van der Waals surface area contributed by atoms with E-state index in [0.29, 0.717) is 17.5 Å². The average molecular weight is 375 g/mol. The molecular weight excluding hydrogens is 344 g/mol. The zero-order chi connectivity index (χ0) is 19.2. The second kappa shape index (κ2) is 9.31. The van der Waals surface area contributed by atoms with Crippen molar-refractivity contribution in [2.45, 2.75) is 57.6 Å². The van der Waals surface area contributed by atoms with Crippen LogP contribution in [0.5, 0.6) is 0 Å². The molecule has 0 unspecified atom stereocenters. The van der Waals surface area contributed by atoms with Gasteiger partial charge in [-0.1, -0.05) is 49.7 Å². The Hall–Kier alpha value is -1.69. The number of nitrogens with zero attached hydrogens (tertiary/aromatic N) is 1. The maximum Gasteiger partial charge on any atom is 0.240 e. The van der Waals surface area contributed by atoms with Crippen molar-refractivity contribution < 1.29 is 8.42 Å². The summed E-state index contributed by atoms with van der Waals surface area (Å²) in [5.41, 5.74) is 3.31. The molecule has 0 aliphatic heterocycles. The van der Waals surface area contributed by atoms with E-state index in [9.17, 15) is 8.42 Å². The van der Waals surface area contributed by atoms with Gasteiger partial charge in [-0.25, -0.2) is 13.1 Å². The van der Waals surface area contributed by atoms with E-state index in [1.165, 1.54) is 0 Å². The Morgan fingerprint density at radius 3 is 2.19 bits per heavy atom. The van der Waals surface area contributed by atoms with Crippen molar-refractivity contribution in [1.29, 1.82) is 0 Å². The maximum atomic E-state index is 12.6. The van der Waals surface area contributed by atoms with Crippen LogP contribution in [0, 0.1) is 0 Å². The topological polar surface area (TPSA) is 49.4 Å². The molecule has 2 rings (SSSR count). The van der Waals surface area contributed by atoms with Crippen molar-refractivity contribution in [2.24, 2.45) is 0 Å². The molecule has 4 nitrogen and oxygen atoms in total. The van der Waals surface area contributed by atoms with Gasteiger partial charge in [-0.2, -0.15) is 0 Å². The minimum Gasteiger partial charge on any atom is -0.300 e. The molecule has 2 aromatic carbocycles. The fourth-order valence-corrected chi connectivity index (χ4v) is 3.72. The minimum atomic E-state index is -3.52. The highest BCUT2D eigenvalue weighted by molar-refractivity contribution is 7.89. The van der Waals surface area contributed by atoms with Crippen LogP contribution in [0.15, 0.2) is 53.4 Å². The normalized spacial score (nSPS) is 12.1. The minimum absolute atomic E-state index is 0.293. The predicted molar refractivity (Wildman–Crippen MR) is 108 cm³/mol. The fourth-order valence-electron chi connectivity index (χ4n) is 2.72. The molecule has 0 fully saturated rings. The molecule has 142 valence electrons. The Bertz CT molecular complexity index is 799. The first-order chi connectivity index (χ1) is 12.3. The third-order valence-electron chi connectivity index (χ3n) is 4.64. The average Bonchev–Trinajstić information content (AvgIpc) is 2.61. The number of hydrogen-bond acceptors (Lipinski definition) is 3. The lowest BCUT2D eigenvalue weighted by molar-refractivity contribution is 0.265. The van der Waals surface area contributed by atoms with Crippen LogP contribution >= 0.6 is 0 Å². The summed E-state index contributed by atoms with van der Waals surface area (Å²) in [7, 11) is -1.44. The Morgan fingerprint density at radius 2 is 1.62 bits per heavy atom. The number of benzene rings is 2. The van der Waals surface area contributed by atoms with Gasteiger partial charge in [-0.05, 0) is 56.1 Å². The van der Waals surface area contributed by atoms with Gasteiger partial charge in [0.1, 0.15) is 0 Å². The summed E-state index contributed by atoms with van der Waals surface area (Å²) in [6, 6.07) is 15.6. The first-order valence-electron chi connectivity index (χ1n) is 9.19. The molecule has 0 spiro atoms. The highest BCUT2D eigenvalue weighted by atomic mass is 32.2. The quantitative estimate of drug-likeness (QED) is 0.723. The van der Waals surface area contributed by atoms with Crippen LogP contribution in [0.4, 0.5) is 0 Å². The van der Waals surface area contributed by atoms with Crippen LogP contribution in [0.25, 0.3) is 0 Å². The zero-order valence-corrected chi connectivity index (χ0v) is 17.0. The van der Waals surface area contributed by atoms with Crippen LogP contribution in [-0.2, 0) is 29.5 Å². The molecule has 26 heavy (non-hydrogen) atoms. The molecule has 0 heterocycles. The lowest BCUT2D eigenvalue weighted by atomic mass is 10.1. The van der Waals surface area contributed by atoms with E-state index >= 15 is 0 Å². The van der Waals surface area contributed by atoms with Crippen LogP contribution < -0.4 is 4.72 Å². The summed E-state index contributed by atoms with van der Waals surface area (Å²) in [5, 5.41) is 0. The van der Waals surface area contributed by atoms with Crippen molar-refractivity contribution in [3.63, 3.8) is 0 Å². The van der Waals surface area contributed by atoms with Gasteiger partial charge in [0.25, 0.3) is 0 Å². The van der Waals surface area contributed by atoms with Gasteiger partial charge in [0.2, 0.25) is 10.0 Å². The number of sulfonamides is 1. The third-order valence-corrected chi connectivity index (χ3v) is 6.06. The summed E-state index contributed by atoms with van der Waals surface area (Å²) in [4.78, 5) is 2.55. The lowest BCUT2D eigenvalue weighted by Gasteiger charge is -2.22. The monoisotopic (exact) mass is 374 g/mol. The standard InChI is InChI=1S/C21H30N2O2S/c1-5-8-18-11-13-21(14-12-18)26(24,25)22-15-19-9-6-7-10-20(19)16-23(4)17(2)3/h6-7,9-14,17,22H,5,8,15-16H2,1-4H3. The molecule has 2 aromatic rings. The van der Waals surface area contributed by atoms with Crippen molar-refractivity contribution in [1.82, 2.24) is 9.62 Å². The van der Waals surface area contributed by atoms with Crippen LogP contribution in [0.2, 0.25) is 0 Å². The van der Waals surface area contributed by atoms with Gasteiger partial charge >= 0.3 is 0 Å². The lowest BCUT2D eigenvalue weighted by Crippen LogP contribution is -2.27. The highest BCUT2D eigenvalue weighted by Crippen LogP contribution is 2.15. The van der Waals surface area contributed by atoms with Gasteiger partial charge in [0.05, 0.1) is 4.90 Å². The summed E-state index contributed by atoms with van der Waals surface area (Å²) in [5.74, 6) is 0. The third kappa shape index (κ3) is 5.66. The van der Waals surface area contributed by atoms with Crippen molar-refractivity contribution in [3.8, 4) is 0 Å². The smallest absolute Gasteiger partial charge is 0.240 e. The Morgan fingerprint density at radius 1 is 1.00 bits per heavy atom. The van der Waals surface area contributed by atoms with Crippen molar-refractivity contribution >= 4 is 10.0 Å². The molecule has 0 atom stereocenters. The first-order valence-corrected chi connectivity index (χ1v) is 10.7. The van der Waals surface area contributed by atoms with E-state index in [4.69, 9.17) is 0 Å². The second-order valence-corrected chi connectivity index (χ2v) is 8.76. The Labute approximate surface area is 158 Å². The maximum absolute atomic E-state index is 12.6. The van der Waals surface area contributed by atoms with E-state index in [0.717, 1.165) is 36.1 Å². The van der Waals surface area contributed by atoms with Gasteiger partial charge in [-0.15, -0.1) is 0 Å². The van der Waals surface area contributed by atoms with E-state index in [2.05, 4.69) is 43.5 Å².